The molecule has 3 aromatic rings. The standard InChI is InChI=1S/C30H35N5O4S/c1-6-35-29(37)34-18-20-15-21(38-4)16-24(39-5)27(20)19(2)14-26(34)30(35)9-11-33(12-10-30)28(36)23-17-22(31-32(23)3)25-8-7-13-40-25/h7-8,13-17,19H,6,9-12,18H2,1-5H3. The van der Waals surface area contributed by atoms with E-state index < -0.39 is 5.54 Å². The molecule has 1 aromatic carbocycles. The molecule has 3 aliphatic heterocycles. The van der Waals surface area contributed by atoms with E-state index in [0.29, 0.717) is 50.5 Å². The molecule has 2 saturated heterocycles. The molecule has 0 radical (unpaired) electrons. The first-order valence-electron chi connectivity index (χ1n) is 13.7. The van der Waals surface area contributed by atoms with Crippen LogP contribution in [0.2, 0.25) is 0 Å². The van der Waals surface area contributed by atoms with E-state index in [1.807, 2.05) is 64.4 Å². The topological polar surface area (TPSA) is 80.1 Å². The fraction of sp³-hybridized carbons (Fsp3) is 0.433. The number of hydrogen-bond donors (Lipinski definition) is 0. The summed E-state index contributed by atoms with van der Waals surface area (Å²) in [7, 11) is 5.13. The molecule has 1 spiro atoms. The Bertz CT molecular complexity index is 1490. The van der Waals surface area contributed by atoms with Crippen LogP contribution < -0.4 is 9.47 Å². The van der Waals surface area contributed by atoms with Crippen LogP contribution in [0, 0.1) is 0 Å². The second kappa shape index (κ2) is 9.99. The van der Waals surface area contributed by atoms with E-state index >= 15 is 0 Å². The Morgan fingerprint density at radius 3 is 2.60 bits per heavy atom. The molecular formula is C30H35N5O4S. The van der Waals surface area contributed by atoms with Crippen LogP contribution >= 0.6 is 11.3 Å². The summed E-state index contributed by atoms with van der Waals surface area (Å²) in [5.74, 6) is 1.50. The SMILES string of the molecule is CCN1C(=O)N2Cc3cc(OC)cc(OC)c3C(C)C=C2C12CCN(C(=O)c1cc(-c3cccs3)nn1C)CC2. The summed E-state index contributed by atoms with van der Waals surface area (Å²) < 4.78 is 13.0. The van der Waals surface area contributed by atoms with Crippen molar-refractivity contribution in [3.8, 4) is 22.1 Å². The summed E-state index contributed by atoms with van der Waals surface area (Å²) in [6.45, 7) is 6.38. The van der Waals surface area contributed by atoms with Gasteiger partial charge in [0.1, 0.15) is 22.9 Å². The maximum absolute atomic E-state index is 13.9. The van der Waals surface area contributed by atoms with Crippen LogP contribution in [-0.2, 0) is 13.6 Å². The van der Waals surface area contributed by atoms with Crippen LogP contribution in [-0.4, -0.2) is 75.8 Å². The highest BCUT2D eigenvalue weighted by atomic mass is 32.1. The van der Waals surface area contributed by atoms with Crippen molar-refractivity contribution in [2.45, 2.75) is 44.7 Å². The molecule has 0 saturated carbocycles. The van der Waals surface area contributed by atoms with Crippen LogP contribution in [0.1, 0.15) is 54.2 Å². The van der Waals surface area contributed by atoms with Gasteiger partial charge in [-0.25, -0.2) is 4.79 Å². The zero-order valence-electron chi connectivity index (χ0n) is 23.6. The number of allylic oxidation sites excluding steroid dienone is 1. The quantitative estimate of drug-likeness (QED) is 0.433. The van der Waals surface area contributed by atoms with Gasteiger partial charge in [0.05, 0.1) is 31.2 Å². The molecule has 0 N–H and O–H groups in total. The lowest BCUT2D eigenvalue weighted by atomic mass is 9.82. The van der Waals surface area contributed by atoms with Gasteiger partial charge < -0.3 is 19.3 Å². The number of aromatic nitrogens is 2. The molecule has 10 heteroatoms. The number of carbonyl (C=O) groups excluding carboxylic acids is 2. The van der Waals surface area contributed by atoms with Crippen molar-refractivity contribution >= 4 is 23.3 Å². The van der Waals surface area contributed by atoms with Gasteiger partial charge in [0, 0.05) is 49.9 Å². The minimum Gasteiger partial charge on any atom is -0.497 e. The molecule has 210 valence electrons. The molecule has 5 heterocycles. The highest BCUT2D eigenvalue weighted by molar-refractivity contribution is 7.13. The van der Waals surface area contributed by atoms with E-state index in [2.05, 4.69) is 18.1 Å². The number of ether oxygens (including phenoxy) is 2. The van der Waals surface area contributed by atoms with Crippen molar-refractivity contribution in [1.82, 2.24) is 24.5 Å². The van der Waals surface area contributed by atoms with E-state index in [-0.39, 0.29) is 17.9 Å². The summed E-state index contributed by atoms with van der Waals surface area (Å²) in [5.41, 5.74) is 4.09. The maximum atomic E-state index is 13.9. The Morgan fingerprint density at radius 2 is 1.95 bits per heavy atom. The third-order valence-electron chi connectivity index (χ3n) is 8.66. The second-order valence-corrected chi connectivity index (χ2v) is 11.6. The first kappa shape index (κ1) is 26.4. The van der Waals surface area contributed by atoms with Gasteiger partial charge in [0.25, 0.3) is 5.91 Å². The van der Waals surface area contributed by atoms with E-state index in [1.54, 1.807) is 30.2 Å². The minimum absolute atomic E-state index is 0.0163. The number of hydrogen-bond acceptors (Lipinski definition) is 6. The molecule has 1 unspecified atom stereocenters. The summed E-state index contributed by atoms with van der Waals surface area (Å²) >= 11 is 1.61. The van der Waals surface area contributed by atoms with Crippen LogP contribution in [0.3, 0.4) is 0 Å². The Hall–Kier alpha value is -3.79. The third kappa shape index (κ3) is 3.99. The number of carbonyl (C=O) groups is 2. The van der Waals surface area contributed by atoms with Gasteiger partial charge >= 0.3 is 6.03 Å². The smallest absolute Gasteiger partial charge is 0.325 e. The Morgan fingerprint density at radius 1 is 1.18 bits per heavy atom. The molecule has 40 heavy (non-hydrogen) atoms. The van der Waals surface area contributed by atoms with Gasteiger partial charge in [-0.3, -0.25) is 14.4 Å². The molecule has 0 aliphatic carbocycles. The first-order valence-corrected chi connectivity index (χ1v) is 14.6. The molecule has 0 bridgehead atoms. The Kier molecular flexibility index (Phi) is 6.60. The highest BCUT2D eigenvalue weighted by Crippen LogP contribution is 2.49. The van der Waals surface area contributed by atoms with E-state index in [4.69, 9.17) is 9.47 Å². The number of aryl methyl sites for hydroxylation is 1. The molecule has 6 rings (SSSR count). The number of urea groups is 1. The largest absolute Gasteiger partial charge is 0.497 e. The van der Waals surface area contributed by atoms with Gasteiger partial charge in [0.2, 0.25) is 0 Å². The third-order valence-corrected chi connectivity index (χ3v) is 9.55. The Labute approximate surface area is 238 Å². The van der Waals surface area contributed by atoms with Crippen LogP contribution in [0.5, 0.6) is 11.5 Å². The van der Waals surface area contributed by atoms with Gasteiger partial charge in [-0.1, -0.05) is 19.1 Å². The zero-order chi connectivity index (χ0) is 28.2. The lowest BCUT2D eigenvalue weighted by molar-refractivity contribution is 0.0566. The number of fused-ring (bicyclic) bond motifs is 3. The first-order chi connectivity index (χ1) is 19.3. The van der Waals surface area contributed by atoms with Crippen LogP contribution in [0.4, 0.5) is 4.79 Å². The van der Waals surface area contributed by atoms with E-state index in [0.717, 1.165) is 33.1 Å². The number of amides is 3. The second-order valence-electron chi connectivity index (χ2n) is 10.7. The van der Waals surface area contributed by atoms with E-state index in [1.165, 1.54) is 0 Å². The summed E-state index contributed by atoms with van der Waals surface area (Å²) in [4.78, 5) is 34.4. The maximum Gasteiger partial charge on any atom is 0.325 e. The van der Waals surface area contributed by atoms with Gasteiger partial charge in [-0.2, -0.15) is 5.10 Å². The predicted molar refractivity (Wildman–Crippen MR) is 154 cm³/mol. The lowest BCUT2D eigenvalue weighted by Gasteiger charge is -2.44. The molecule has 2 aromatic heterocycles. The number of likely N-dealkylation sites (tertiary alicyclic amines) is 1. The molecule has 3 aliphatic rings. The summed E-state index contributed by atoms with van der Waals surface area (Å²) in [5, 5.41) is 6.60. The number of piperidine rings is 1. The molecule has 3 amide bonds. The molecule has 1 atom stereocenters. The average molecular weight is 562 g/mol. The summed E-state index contributed by atoms with van der Waals surface area (Å²) in [6.07, 6.45) is 3.60. The van der Waals surface area contributed by atoms with Gasteiger partial charge in [0.15, 0.2) is 0 Å². The van der Waals surface area contributed by atoms with Crippen LogP contribution in [0.15, 0.2) is 47.5 Å². The van der Waals surface area contributed by atoms with Crippen molar-refractivity contribution in [1.29, 1.82) is 0 Å². The number of likely N-dealkylation sites (N-methyl/N-ethyl adjacent to an activating group) is 1. The fourth-order valence-corrected chi connectivity index (χ4v) is 7.40. The summed E-state index contributed by atoms with van der Waals surface area (Å²) in [6, 6.07) is 9.82. The van der Waals surface area contributed by atoms with Gasteiger partial charge in [-0.15, -0.1) is 11.3 Å². The number of nitrogens with zero attached hydrogens (tertiary/aromatic N) is 5. The number of thiophene rings is 1. The van der Waals surface area contributed by atoms with Crippen LogP contribution in [0.25, 0.3) is 10.6 Å². The van der Waals surface area contributed by atoms with Crippen molar-refractivity contribution in [3.05, 3.63) is 64.3 Å². The molecular weight excluding hydrogens is 526 g/mol. The molecule has 9 nitrogen and oxygen atoms in total. The molecule has 2 fully saturated rings. The normalized spacial score (nSPS) is 19.8. The van der Waals surface area contributed by atoms with Crippen molar-refractivity contribution in [2.75, 3.05) is 33.9 Å². The highest BCUT2D eigenvalue weighted by Gasteiger charge is 2.55. The van der Waals surface area contributed by atoms with Crippen molar-refractivity contribution in [2.24, 2.45) is 7.05 Å². The number of benzene rings is 1. The van der Waals surface area contributed by atoms with Gasteiger partial charge in [-0.05, 0) is 48.9 Å². The van der Waals surface area contributed by atoms with E-state index in [9.17, 15) is 9.59 Å². The predicted octanol–water partition coefficient (Wildman–Crippen LogP) is 5.10. The fourth-order valence-electron chi connectivity index (χ4n) is 6.72. The van der Waals surface area contributed by atoms with Crippen molar-refractivity contribution < 1.29 is 19.1 Å². The minimum atomic E-state index is -0.454. The lowest BCUT2D eigenvalue weighted by Crippen LogP contribution is -2.54. The monoisotopic (exact) mass is 561 g/mol. The zero-order valence-corrected chi connectivity index (χ0v) is 24.5. The average Bonchev–Trinajstić information content (AvgIpc) is 3.65. The Balaban J connectivity index is 1.30. The number of methoxy groups -OCH3 is 2. The van der Waals surface area contributed by atoms with Crippen molar-refractivity contribution in [3.63, 3.8) is 0 Å². The number of rotatable bonds is 5.